The Morgan fingerprint density at radius 2 is 1.71 bits per heavy atom. The number of nitrogens with zero attached hydrogens (tertiary/aromatic N) is 2. The number of rotatable bonds is 4. The third-order valence-corrected chi connectivity index (χ3v) is 3.69. The van der Waals surface area contributed by atoms with Gasteiger partial charge < -0.3 is 9.26 Å². The summed E-state index contributed by atoms with van der Waals surface area (Å²) in [5, 5.41) is 4.89. The molecule has 118 valence electrons. The third-order valence-electron chi connectivity index (χ3n) is 3.69. The summed E-state index contributed by atoms with van der Waals surface area (Å²) in [5.41, 5.74) is 2.55. The lowest BCUT2D eigenvalue weighted by Crippen LogP contribution is -1.99. The first-order valence-electron chi connectivity index (χ1n) is 7.49. The van der Waals surface area contributed by atoms with Gasteiger partial charge in [-0.15, -0.1) is 0 Å². The molecular formula is C19H13FN2O2. The zero-order chi connectivity index (χ0) is 16.4. The van der Waals surface area contributed by atoms with E-state index in [1.54, 1.807) is 24.3 Å². The van der Waals surface area contributed by atoms with E-state index in [-0.39, 0.29) is 12.4 Å². The number of hydrogen-bond donors (Lipinski definition) is 0. The first kappa shape index (κ1) is 14.4. The molecule has 24 heavy (non-hydrogen) atoms. The highest BCUT2D eigenvalue weighted by molar-refractivity contribution is 5.89. The molecule has 0 aliphatic rings. The van der Waals surface area contributed by atoms with Crippen LogP contribution in [0.15, 0.2) is 71.3 Å². The van der Waals surface area contributed by atoms with Gasteiger partial charge in [-0.1, -0.05) is 53.7 Å². The van der Waals surface area contributed by atoms with Crippen LogP contribution in [-0.4, -0.2) is 10.1 Å². The van der Waals surface area contributed by atoms with Crippen molar-refractivity contribution in [2.24, 2.45) is 0 Å². The second kappa shape index (κ2) is 6.12. The maximum absolute atomic E-state index is 13.6. The molecule has 4 aromatic rings. The monoisotopic (exact) mass is 320 g/mol. The van der Waals surface area contributed by atoms with Gasteiger partial charge in [0.05, 0.1) is 5.39 Å². The fourth-order valence-corrected chi connectivity index (χ4v) is 2.46. The van der Waals surface area contributed by atoms with Crippen molar-refractivity contribution in [2.75, 3.05) is 0 Å². The highest BCUT2D eigenvalue weighted by Crippen LogP contribution is 2.28. The molecule has 5 heteroatoms. The van der Waals surface area contributed by atoms with Gasteiger partial charge in [-0.3, -0.25) is 0 Å². The SMILES string of the molecule is Fc1ccccc1COc1ccc2c(-c3ccccc3)noc2n1. The molecule has 0 N–H and O–H groups in total. The highest BCUT2D eigenvalue weighted by atomic mass is 19.1. The maximum atomic E-state index is 13.6. The average Bonchev–Trinajstić information content (AvgIpc) is 3.05. The summed E-state index contributed by atoms with van der Waals surface area (Å²) in [7, 11) is 0. The molecule has 0 unspecified atom stereocenters. The Hall–Kier alpha value is -3.21. The molecule has 4 rings (SSSR count). The fourth-order valence-electron chi connectivity index (χ4n) is 2.46. The number of fused-ring (bicyclic) bond motifs is 1. The molecule has 2 aromatic carbocycles. The molecule has 0 aliphatic heterocycles. The summed E-state index contributed by atoms with van der Waals surface area (Å²) >= 11 is 0. The van der Waals surface area contributed by atoms with E-state index in [2.05, 4.69) is 10.1 Å². The summed E-state index contributed by atoms with van der Waals surface area (Å²) in [5.74, 6) is 0.0612. The van der Waals surface area contributed by atoms with Crippen molar-refractivity contribution in [2.45, 2.75) is 6.61 Å². The normalized spacial score (nSPS) is 10.9. The lowest BCUT2D eigenvalue weighted by molar-refractivity contribution is 0.287. The van der Waals surface area contributed by atoms with Crippen LogP contribution < -0.4 is 4.74 Å². The minimum atomic E-state index is -0.301. The molecule has 2 aromatic heterocycles. The van der Waals surface area contributed by atoms with Gasteiger partial charge in [0.25, 0.3) is 5.71 Å². The molecule has 0 saturated carbocycles. The van der Waals surface area contributed by atoms with Crippen molar-refractivity contribution in [3.05, 3.63) is 78.1 Å². The van der Waals surface area contributed by atoms with Crippen molar-refractivity contribution < 1.29 is 13.7 Å². The Balaban J connectivity index is 1.60. The second-order valence-corrected chi connectivity index (χ2v) is 5.28. The van der Waals surface area contributed by atoms with Gasteiger partial charge in [-0.25, -0.2) is 4.39 Å². The van der Waals surface area contributed by atoms with E-state index in [0.717, 1.165) is 16.6 Å². The third kappa shape index (κ3) is 2.72. The van der Waals surface area contributed by atoms with Crippen LogP contribution in [0.2, 0.25) is 0 Å². The largest absolute Gasteiger partial charge is 0.473 e. The summed E-state index contributed by atoms with van der Waals surface area (Å²) in [6.45, 7) is 0.102. The van der Waals surface area contributed by atoms with Crippen molar-refractivity contribution >= 4 is 11.1 Å². The minimum absolute atomic E-state index is 0.102. The minimum Gasteiger partial charge on any atom is -0.473 e. The van der Waals surface area contributed by atoms with Crippen LogP contribution in [0.3, 0.4) is 0 Å². The number of hydrogen-bond acceptors (Lipinski definition) is 4. The van der Waals surface area contributed by atoms with Crippen LogP contribution in [0.1, 0.15) is 5.56 Å². The van der Waals surface area contributed by atoms with E-state index in [9.17, 15) is 4.39 Å². The Morgan fingerprint density at radius 1 is 0.917 bits per heavy atom. The maximum Gasteiger partial charge on any atom is 0.261 e. The highest BCUT2D eigenvalue weighted by Gasteiger charge is 2.12. The first-order chi connectivity index (χ1) is 11.8. The average molecular weight is 320 g/mol. The molecule has 0 spiro atoms. The van der Waals surface area contributed by atoms with E-state index < -0.39 is 0 Å². The van der Waals surface area contributed by atoms with E-state index in [4.69, 9.17) is 9.26 Å². The molecule has 4 nitrogen and oxygen atoms in total. The van der Waals surface area contributed by atoms with Crippen molar-refractivity contribution in [1.82, 2.24) is 10.1 Å². The Morgan fingerprint density at radius 3 is 2.54 bits per heavy atom. The number of benzene rings is 2. The van der Waals surface area contributed by atoms with Crippen molar-refractivity contribution in [1.29, 1.82) is 0 Å². The zero-order valence-corrected chi connectivity index (χ0v) is 12.6. The zero-order valence-electron chi connectivity index (χ0n) is 12.6. The number of ether oxygens (including phenoxy) is 1. The summed E-state index contributed by atoms with van der Waals surface area (Å²) in [6.07, 6.45) is 0. The van der Waals surface area contributed by atoms with Crippen LogP contribution >= 0.6 is 0 Å². The molecular weight excluding hydrogens is 307 g/mol. The number of halogens is 1. The molecule has 0 fully saturated rings. The number of pyridine rings is 1. The van der Waals surface area contributed by atoms with E-state index in [1.807, 2.05) is 36.4 Å². The van der Waals surface area contributed by atoms with E-state index >= 15 is 0 Å². The first-order valence-corrected chi connectivity index (χ1v) is 7.49. The van der Waals surface area contributed by atoms with E-state index in [1.165, 1.54) is 6.07 Å². The molecule has 0 aliphatic carbocycles. The topological polar surface area (TPSA) is 48.2 Å². The lowest BCUT2D eigenvalue weighted by atomic mass is 10.1. The molecule has 2 heterocycles. The van der Waals surface area contributed by atoms with Crippen LogP contribution in [0, 0.1) is 5.82 Å². The molecule has 0 amide bonds. The second-order valence-electron chi connectivity index (χ2n) is 5.28. The quantitative estimate of drug-likeness (QED) is 0.551. The molecule has 0 atom stereocenters. The Bertz CT molecular complexity index is 983. The van der Waals surface area contributed by atoms with Crippen LogP contribution in [0.25, 0.3) is 22.4 Å². The van der Waals surface area contributed by atoms with Gasteiger partial charge >= 0.3 is 0 Å². The van der Waals surface area contributed by atoms with Crippen molar-refractivity contribution in [3.8, 4) is 17.1 Å². The van der Waals surface area contributed by atoms with Crippen molar-refractivity contribution in [3.63, 3.8) is 0 Å². The molecule has 0 bridgehead atoms. The lowest BCUT2D eigenvalue weighted by Gasteiger charge is -2.05. The van der Waals surface area contributed by atoms with Crippen LogP contribution in [0.5, 0.6) is 5.88 Å². The van der Waals surface area contributed by atoms with E-state index in [0.29, 0.717) is 17.2 Å². The predicted molar refractivity (Wildman–Crippen MR) is 88.0 cm³/mol. The summed E-state index contributed by atoms with van der Waals surface area (Å²) < 4.78 is 24.5. The van der Waals surface area contributed by atoms with Gasteiger partial charge in [-0.2, -0.15) is 4.98 Å². The fraction of sp³-hybridized carbons (Fsp3) is 0.0526. The smallest absolute Gasteiger partial charge is 0.261 e. The van der Waals surface area contributed by atoms with Gasteiger partial charge in [-0.05, 0) is 12.1 Å². The standard InChI is InChI=1S/C19H13FN2O2/c20-16-9-5-4-8-14(16)12-23-17-11-10-15-18(22-24-19(15)21-17)13-6-2-1-3-7-13/h1-11H,12H2. The van der Waals surface area contributed by atoms with Gasteiger partial charge in [0.2, 0.25) is 5.88 Å². The van der Waals surface area contributed by atoms with Gasteiger partial charge in [0.1, 0.15) is 18.1 Å². The predicted octanol–water partition coefficient (Wildman–Crippen LogP) is 4.61. The van der Waals surface area contributed by atoms with Gasteiger partial charge in [0, 0.05) is 17.2 Å². The molecule has 0 radical (unpaired) electrons. The van der Waals surface area contributed by atoms with Crippen LogP contribution in [0.4, 0.5) is 4.39 Å². The van der Waals surface area contributed by atoms with Gasteiger partial charge in [0.15, 0.2) is 0 Å². The van der Waals surface area contributed by atoms with Crippen LogP contribution in [-0.2, 0) is 6.61 Å². The summed E-state index contributed by atoms with van der Waals surface area (Å²) in [4.78, 5) is 4.29. The molecule has 0 saturated heterocycles. The Kier molecular flexibility index (Phi) is 3.67. The summed E-state index contributed by atoms with van der Waals surface area (Å²) in [6, 6.07) is 19.8. The number of aromatic nitrogens is 2. The Labute approximate surface area is 137 Å².